The summed E-state index contributed by atoms with van der Waals surface area (Å²) in [6.45, 7) is 8.94. The Labute approximate surface area is 196 Å². The van der Waals surface area contributed by atoms with Crippen LogP contribution in [0.25, 0.3) is 5.13 Å². The second-order valence-electron chi connectivity index (χ2n) is 8.42. The molecule has 1 saturated heterocycles. The number of fused-ring (bicyclic) bond motifs is 1. The molecule has 172 valence electrons. The van der Waals surface area contributed by atoms with Crippen molar-refractivity contribution < 1.29 is 9.59 Å². The first kappa shape index (κ1) is 21.7. The SMILES string of the molecule is Cc1c2c(c(C)n1-c1nccs1)C(=O)N(CCCCN1CCN(c3ncccn3)CC1)C2=O. The number of aromatic nitrogens is 4. The van der Waals surface area contributed by atoms with Crippen LogP contribution in [-0.4, -0.2) is 80.4 Å². The molecule has 0 atom stereocenters. The highest BCUT2D eigenvalue weighted by atomic mass is 32.1. The first-order chi connectivity index (χ1) is 16.1. The predicted molar refractivity (Wildman–Crippen MR) is 126 cm³/mol. The number of hydrogen-bond acceptors (Lipinski definition) is 8. The average molecular weight is 466 g/mol. The summed E-state index contributed by atoms with van der Waals surface area (Å²) in [7, 11) is 0. The van der Waals surface area contributed by atoms with Crippen molar-refractivity contribution in [3.8, 4) is 5.13 Å². The third kappa shape index (κ3) is 3.93. The van der Waals surface area contributed by atoms with Gasteiger partial charge in [0.25, 0.3) is 11.8 Å². The zero-order valence-corrected chi connectivity index (χ0v) is 19.7. The molecule has 9 nitrogen and oxygen atoms in total. The molecule has 0 N–H and O–H groups in total. The molecule has 0 saturated carbocycles. The number of thiazole rings is 1. The molecule has 1 fully saturated rings. The lowest BCUT2D eigenvalue weighted by Gasteiger charge is -2.34. The normalized spacial score (nSPS) is 16.7. The molecule has 0 spiro atoms. The third-order valence-corrected chi connectivity index (χ3v) is 7.24. The molecule has 10 heteroatoms. The second-order valence-corrected chi connectivity index (χ2v) is 9.29. The van der Waals surface area contributed by atoms with Crippen LogP contribution in [0.2, 0.25) is 0 Å². The number of unbranched alkanes of at least 4 members (excludes halogenated alkanes) is 1. The maximum atomic E-state index is 13.1. The molecule has 0 aliphatic carbocycles. The minimum absolute atomic E-state index is 0.178. The minimum Gasteiger partial charge on any atom is -0.338 e. The van der Waals surface area contributed by atoms with E-state index in [1.807, 2.05) is 29.9 Å². The maximum absolute atomic E-state index is 13.1. The highest BCUT2D eigenvalue weighted by Gasteiger charge is 2.41. The number of nitrogens with zero attached hydrogens (tertiary/aromatic N) is 7. The fourth-order valence-corrected chi connectivity index (χ4v) is 5.51. The van der Waals surface area contributed by atoms with E-state index < -0.39 is 0 Å². The topological polar surface area (TPSA) is 87.5 Å². The predicted octanol–water partition coefficient (Wildman–Crippen LogP) is 2.54. The number of carbonyl (C=O) groups is 2. The summed E-state index contributed by atoms with van der Waals surface area (Å²) in [6, 6.07) is 1.83. The molecule has 2 aliphatic heterocycles. The molecule has 2 aliphatic rings. The Morgan fingerprint density at radius 2 is 1.48 bits per heavy atom. The largest absolute Gasteiger partial charge is 0.338 e. The highest BCUT2D eigenvalue weighted by molar-refractivity contribution is 7.12. The number of hydrogen-bond donors (Lipinski definition) is 0. The molecule has 0 unspecified atom stereocenters. The Kier molecular flexibility index (Phi) is 5.94. The smallest absolute Gasteiger partial charge is 0.263 e. The maximum Gasteiger partial charge on any atom is 0.263 e. The lowest BCUT2D eigenvalue weighted by atomic mass is 10.1. The van der Waals surface area contributed by atoms with Gasteiger partial charge in [0.15, 0.2) is 5.13 Å². The molecular weight excluding hydrogens is 438 g/mol. The van der Waals surface area contributed by atoms with E-state index in [0.29, 0.717) is 17.7 Å². The van der Waals surface area contributed by atoms with Crippen molar-refractivity contribution in [2.75, 3.05) is 44.2 Å². The number of rotatable bonds is 7. The van der Waals surface area contributed by atoms with Gasteiger partial charge in [0, 0.05) is 68.1 Å². The second kappa shape index (κ2) is 9.03. The van der Waals surface area contributed by atoms with Gasteiger partial charge < -0.3 is 4.90 Å². The Bertz CT molecular complexity index is 1110. The Morgan fingerprint density at radius 3 is 2.09 bits per heavy atom. The molecule has 0 bridgehead atoms. The van der Waals surface area contributed by atoms with Crippen LogP contribution >= 0.6 is 11.3 Å². The van der Waals surface area contributed by atoms with E-state index in [-0.39, 0.29) is 11.8 Å². The molecule has 3 aromatic heterocycles. The highest BCUT2D eigenvalue weighted by Crippen LogP contribution is 2.33. The standard InChI is InChI=1S/C23H27N7O2S/c1-16-18-19(17(2)30(16)23-26-8-15-33-23)21(32)29(20(18)31)10-4-3-9-27-11-13-28(14-12-27)22-24-6-5-7-25-22/h5-8,15H,3-4,9-14H2,1-2H3. The average Bonchev–Trinajstić information content (AvgIpc) is 3.51. The lowest BCUT2D eigenvalue weighted by molar-refractivity contribution is 0.0648. The monoisotopic (exact) mass is 465 g/mol. The molecular formula is C23H27N7O2S. The van der Waals surface area contributed by atoms with Gasteiger partial charge in [-0.25, -0.2) is 15.0 Å². The van der Waals surface area contributed by atoms with E-state index >= 15 is 0 Å². The molecule has 0 aromatic carbocycles. The van der Waals surface area contributed by atoms with Crippen molar-refractivity contribution in [3.05, 3.63) is 52.6 Å². The van der Waals surface area contributed by atoms with Crippen LogP contribution in [-0.2, 0) is 0 Å². The summed E-state index contributed by atoms with van der Waals surface area (Å²) in [4.78, 5) is 45.2. The van der Waals surface area contributed by atoms with E-state index in [0.717, 1.165) is 68.0 Å². The van der Waals surface area contributed by atoms with Gasteiger partial charge in [-0.2, -0.15) is 0 Å². The van der Waals surface area contributed by atoms with Gasteiger partial charge in [0.05, 0.1) is 11.1 Å². The molecule has 0 radical (unpaired) electrons. The van der Waals surface area contributed by atoms with Crippen LogP contribution in [0.15, 0.2) is 30.0 Å². The molecule has 3 aromatic rings. The first-order valence-electron chi connectivity index (χ1n) is 11.3. The zero-order chi connectivity index (χ0) is 22.9. The fraction of sp³-hybridized carbons (Fsp3) is 0.435. The molecule has 5 heterocycles. The summed E-state index contributed by atoms with van der Waals surface area (Å²) >= 11 is 1.49. The van der Waals surface area contributed by atoms with E-state index in [1.165, 1.54) is 16.2 Å². The summed E-state index contributed by atoms with van der Waals surface area (Å²) in [5, 5.41) is 2.68. The number of carbonyl (C=O) groups excluding carboxylic acids is 2. The quantitative estimate of drug-likeness (QED) is 0.391. The molecule has 33 heavy (non-hydrogen) atoms. The van der Waals surface area contributed by atoms with Gasteiger partial charge in [0.2, 0.25) is 5.95 Å². The number of piperazine rings is 1. The van der Waals surface area contributed by atoms with E-state index in [1.54, 1.807) is 18.6 Å². The van der Waals surface area contributed by atoms with Gasteiger partial charge in [-0.15, -0.1) is 11.3 Å². The van der Waals surface area contributed by atoms with Gasteiger partial charge in [-0.1, -0.05) is 0 Å². The van der Waals surface area contributed by atoms with Crippen LogP contribution in [0.4, 0.5) is 5.95 Å². The van der Waals surface area contributed by atoms with Crippen LogP contribution in [0.5, 0.6) is 0 Å². The summed E-state index contributed by atoms with van der Waals surface area (Å²) in [6.07, 6.45) is 7.02. The third-order valence-electron chi connectivity index (χ3n) is 6.49. The van der Waals surface area contributed by atoms with Crippen LogP contribution in [0.1, 0.15) is 44.9 Å². The van der Waals surface area contributed by atoms with Crippen molar-refractivity contribution in [1.29, 1.82) is 0 Å². The Morgan fingerprint density at radius 1 is 0.848 bits per heavy atom. The van der Waals surface area contributed by atoms with Gasteiger partial charge in [-0.3, -0.25) is 24.0 Å². The Hall–Kier alpha value is -3.11. The van der Waals surface area contributed by atoms with Gasteiger partial charge >= 0.3 is 0 Å². The summed E-state index contributed by atoms with van der Waals surface area (Å²) < 4.78 is 1.92. The molecule has 2 amide bonds. The van der Waals surface area contributed by atoms with E-state index in [2.05, 4.69) is 24.8 Å². The van der Waals surface area contributed by atoms with Crippen molar-refractivity contribution >= 4 is 29.1 Å². The van der Waals surface area contributed by atoms with Crippen molar-refractivity contribution in [1.82, 2.24) is 29.3 Å². The van der Waals surface area contributed by atoms with Crippen molar-refractivity contribution in [2.45, 2.75) is 26.7 Å². The van der Waals surface area contributed by atoms with E-state index in [4.69, 9.17) is 0 Å². The zero-order valence-electron chi connectivity index (χ0n) is 18.9. The number of imide groups is 1. The van der Waals surface area contributed by atoms with Crippen LogP contribution in [0, 0.1) is 13.8 Å². The van der Waals surface area contributed by atoms with Crippen molar-refractivity contribution in [3.63, 3.8) is 0 Å². The van der Waals surface area contributed by atoms with Gasteiger partial charge in [-0.05, 0) is 39.3 Å². The van der Waals surface area contributed by atoms with E-state index in [9.17, 15) is 9.59 Å². The summed E-state index contributed by atoms with van der Waals surface area (Å²) in [5.74, 6) is 0.432. The first-order valence-corrected chi connectivity index (χ1v) is 12.2. The number of amides is 2. The van der Waals surface area contributed by atoms with Gasteiger partial charge in [0.1, 0.15) is 0 Å². The minimum atomic E-state index is -0.178. The fourth-order valence-electron chi connectivity index (χ4n) is 4.77. The number of anilines is 1. The van der Waals surface area contributed by atoms with Crippen LogP contribution < -0.4 is 4.90 Å². The van der Waals surface area contributed by atoms with Crippen molar-refractivity contribution in [2.24, 2.45) is 0 Å². The lowest BCUT2D eigenvalue weighted by Crippen LogP contribution is -2.47. The summed E-state index contributed by atoms with van der Waals surface area (Å²) in [5.41, 5.74) is 2.65. The van der Waals surface area contributed by atoms with Crippen LogP contribution in [0.3, 0.4) is 0 Å². The molecule has 5 rings (SSSR count). The Balaban J connectivity index is 1.13.